The van der Waals surface area contributed by atoms with E-state index in [0.29, 0.717) is 17.8 Å². The van der Waals surface area contributed by atoms with Crippen LogP contribution in [-0.4, -0.2) is 22.6 Å². The van der Waals surface area contributed by atoms with E-state index in [9.17, 15) is 5.11 Å². The average Bonchev–Trinajstić information content (AvgIpc) is 2.42. The van der Waals surface area contributed by atoms with Gasteiger partial charge in [-0.1, -0.05) is 25.8 Å². The van der Waals surface area contributed by atoms with Gasteiger partial charge in [-0.2, -0.15) is 0 Å². The Bertz CT molecular complexity index is 427. The number of benzene rings is 1. The molecule has 2 heteroatoms. The van der Waals surface area contributed by atoms with Crippen LogP contribution in [0.3, 0.4) is 0 Å². The Morgan fingerprint density at radius 3 is 2.80 bits per heavy atom. The minimum Gasteiger partial charge on any atom is -0.508 e. The van der Waals surface area contributed by atoms with Crippen molar-refractivity contribution in [2.45, 2.75) is 71.4 Å². The Balaban J connectivity index is 2.18. The predicted octanol–water partition coefficient (Wildman–Crippen LogP) is 4.67. The van der Waals surface area contributed by atoms with Crippen molar-refractivity contribution >= 4 is 0 Å². The molecular weight excluding hydrogens is 246 g/mol. The summed E-state index contributed by atoms with van der Waals surface area (Å²) in [7, 11) is 0. The van der Waals surface area contributed by atoms with Crippen LogP contribution in [0.1, 0.15) is 70.0 Å². The van der Waals surface area contributed by atoms with Crippen molar-refractivity contribution < 1.29 is 5.11 Å². The van der Waals surface area contributed by atoms with Crippen molar-refractivity contribution in [3.05, 3.63) is 29.3 Å². The first-order chi connectivity index (χ1) is 9.63. The molecule has 20 heavy (non-hydrogen) atoms. The predicted molar refractivity (Wildman–Crippen MR) is 85.2 cm³/mol. The van der Waals surface area contributed by atoms with Crippen molar-refractivity contribution in [1.82, 2.24) is 4.90 Å². The highest BCUT2D eigenvalue weighted by Gasteiger charge is 2.27. The van der Waals surface area contributed by atoms with Gasteiger partial charge in [0.1, 0.15) is 5.75 Å². The number of hydrogen-bond acceptors (Lipinski definition) is 2. The highest BCUT2D eigenvalue weighted by molar-refractivity contribution is 5.38. The summed E-state index contributed by atoms with van der Waals surface area (Å²) in [6.07, 6.45) is 7.49. The van der Waals surface area contributed by atoms with Crippen molar-refractivity contribution in [3.8, 4) is 5.75 Å². The molecule has 1 atom stereocenters. The molecule has 1 aromatic carbocycles. The summed E-state index contributed by atoms with van der Waals surface area (Å²) >= 11 is 0. The SMILES string of the molecule is CCCCCN(C(C)C)C1CCCc2cc(O)ccc21. The van der Waals surface area contributed by atoms with Crippen LogP contribution in [-0.2, 0) is 6.42 Å². The van der Waals surface area contributed by atoms with Crippen LogP contribution in [0.2, 0.25) is 0 Å². The van der Waals surface area contributed by atoms with Gasteiger partial charge >= 0.3 is 0 Å². The minimum atomic E-state index is 0.409. The molecule has 2 nitrogen and oxygen atoms in total. The summed E-state index contributed by atoms with van der Waals surface area (Å²) in [5, 5.41) is 9.68. The Hall–Kier alpha value is -1.02. The second-order valence-electron chi connectivity index (χ2n) is 6.33. The van der Waals surface area contributed by atoms with Crippen molar-refractivity contribution in [1.29, 1.82) is 0 Å². The highest BCUT2D eigenvalue weighted by atomic mass is 16.3. The van der Waals surface area contributed by atoms with Gasteiger partial charge in [0.25, 0.3) is 0 Å². The third-order valence-corrected chi connectivity index (χ3v) is 4.49. The molecule has 0 saturated carbocycles. The maximum absolute atomic E-state index is 9.68. The van der Waals surface area contributed by atoms with Crippen LogP contribution in [0.4, 0.5) is 0 Å². The molecule has 0 heterocycles. The number of aromatic hydroxyl groups is 1. The minimum absolute atomic E-state index is 0.409. The van der Waals surface area contributed by atoms with E-state index < -0.39 is 0 Å². The third kappa shape index (κ3) is 3.54. The van der Waals surface area contributed by atoms with E-state index in [1.54, 1.807) is 0 Å². The van der Waals surface area contributed by atoms with E-state index in [1.165, 1.54) is 49.8 Å². The second-order valence-corrected chi connectivity index (χ2v) is 6.33. The molecule has 1 unspecified atom stereocenters. The molecule has 0 saturated heterocycles. The van der Waals surface area contributed by atoms with E-state index in [2.05, 4.69) is 31.7 Å². The van der Waals surface area contributed by atoms with Gasteiger partial charge in [0.2, 0.25) is 0 Å². The maximum atomic E-state index is 9.68. The first-order valence-electron chi connectivity index (χ1n) is 8.21. The normalized spacial score (nSPS) is 18.6. The first-order valence-corrected chi connectivity index (χ1v) is 8.21. The fourth-order valence-electron chi connectivity index (χ4n) is 3.44. The molecule has 0 spiro atoms. The molecule has 0 radical (unpaired) electrons. The summed E-state index contributed by atoms with van der Waals surface area (Å²) in [5.41, 5.74) is 2.79. The zero-order valence-electron chi connectivity index (χ0n) is 13.2. The van der Waals surface area contributed by atoms with Crippen molar-refractivity contribution in [2.75, 3.05) is 6.54 Å². The van der Waals surface area contributed by atoms with E-state index >= 15 is 0 Å². The Kier molecular flexibility index (Phi) is 5.47. The Labute approximate surface area is 123 Å². The lowest BCUT2D eigenvalue weighted by Crippen LogP contribution is -2.37. The fraction of sp³-hybridized carbons (Fsp3) is 0.667. The molecule has 0 aliphatic heterocycles. The lowest BCUT2D eigenvalue weighted by Gasteiger charge is -2.38. The van der Waals surface area contributed by atoms with E-state index in [-0.39, 0.29) is 0 Å². The molecular formula is C18H29NO. The van der Waals surface area contributed by atoms with Crippen LogP contribution in [0.5, 0.6) is 5.75 Å². The number of phenols is 1. The van der Waals surface area contributed by atoms with Crippen LogP contribution in [0, 0.1) is 0 Å². The molecule has 2 rings (SSSR count). The Morgan fingerprint density at radius 1 is 1.30 bits per heavy atom. The zero-order chi connectivity index (χ0) is 14.5. The average molecular weight is 275 g/mol. The molecule has 1 aliphatic rings. The highest BCUT2D eigenvalue weighted by Crippen LogP contribution is 2.37. The van der Waals surface area contributed by atoms with E-state index in [0.717, 1.165) is 6.42 Å². The number of nitrogens with zero attached hydrogens (tertiary/aromatic N) is 1. The van der Waals surface area contributed by atoms with E-state index in [4.69, 9.17) is 0 Å². The summed E-state index contributed by atoms with van der Waals surface area (Å²) in [6, 6.07) is 7.07. The summed E-state index contributed by atoms with van der Waals surface area (Å²) in [6.45, 7) is 8.07. The molecule has 1 aliphatic carbocycles. The lowest BCUT2D eigenvalue weighted by atomic mass is 9.86. The number of phenolic OH excluding ortho intramolecular Hbond substituents is 1. The first kappa shape index (κ1) is 15.4. The molecule has 112 valence electrons. The van der Waals surface area contributed by atoms with Gasteiger partial charge in [-0.15, -0.1) is 0 Å². The fourth-order valence-corrected chi connectivity index (χ4v) is 3.44. The summed E-state index contributed by atoms with van der Waals surface area (Å²) in [5.74, 6) is 0.409. The topological polar surface area (TPSA) is 23.5 Å². The van der Waals surface area contributed by atoms with Gasteiger partial charge in [0.05, 0.1) is 0 Å². The summed E-state index contributed by atoms with van der Waals surface area (Å²) < 4.78 is 0. The van der Waals surface area contributed by atoms with Crippen LogP contribution >= 0.6 is 0 Å². The van der Waals surface area contributed by atoms with Gasteiger partial charge in [-0.05, 0) is 69.3 Å². The van der Waals surface area contributed by atoms with Crippen LogP contribution < -0.4 is 0 Å². The summed E-state index contributed by atoms with van der Waals surface area (Å²) in [4.78, 5) is 2.66. The van der Waals surface area contributed by atoms with Gasteiger partial charge in [0, 0.05) is 12.1 Å². The number of aryl methyl sites for hydroxylation is 1. The quantitative estimate of drug-likeness (QED) is 0.763. The second kappa shape index (κ2) is 7.12. The van der Waals surface area contributed by atoms with Gasteiger partial charge in [-0.3, -0.25) is 4.90 Å². The molecule has 0 amide bonds. The van der Waals surface area contributed by atoms with Gasteiger partial charge < -0.3 is 5.11 Å². The number of rotatable bonds is 6. The molecule has 1 aromatic rings. The molecule has 1 N–H and O–H groups in total. The molecule has 0 aromatic heterocycles. The van der Waals surface area contributed by atoms with Crippen LogP contribution in [0.15, 0.2) is 18.2 Å². The van der Waals surface area contributed by atoms with E-state index in [1.807, 2.05) is 12.1 Å². The van der Waals surface area contributed by atoms with Crippen LogP contribution in [0.25, 0.3) is 0 Å². The lowest BCUT2D eigenvalue weighted by molar-refractivity contribution is 0.135. The largest absolute Gasteiger partial charge is 0.508 e. The third-order valence-electron chi connectivity index (χ3n) is 4.49. The van der Waals surface area contributed by atoms with Crippen molar-refractivity contribution in [2.24, 2.45) is 0 Å². The standard InChI is InChI=1S/C18H29NO/c1-4-5-6-12-19(14(2)3)18-9-7-8-15-13-16(20)10-11-17(15)18/h10-11,13-14,18,20H,4-9,12H2,1-3H3. The van der Waals surface area contributed by atoms with Crippen molar-refractivity contribution in [3.63, 3.8) is 0 Å². The Morgan fingerprint density at radius 2 is 2.10 bits per heavy atom. The monoisotopic (exact) mass is 275 g/mol. The number of fused-ring (bicyclic) bond motifs is 1. The molecule has 0 fully saturated rings. The zero-order valence-corrected chi connectivity index (χ0v) is 13.2. The number of hydrogen-bond donors (Lipinski definition) is 1. The molecule has 0 bridgehead atoms. The van der Waals surface area contributed by atoms with Gasteiger partial charge in [0.15, 0.2) is 0 Å². The van der Waals surface area contributed by atoms with Gasteiger partial charge in [-0.25, -0.2) is 0 Å². The number of unbranched alkanes of at least 4 members (excludes halogenated alkanes) is 2. The maximum Gasteiger partial charge on any atom is 0.115 e. The smallest absolute Gasteiger partial charge is 0.115 e.